The first-order chi connectivity index (χ1) is 11.7. The van der Waals surface area contributed by atoms with Gasteiger partial charge < -0.3 is 9.80 Å². The SMILES string of the molecule is C[C@H](Sc1ncccc1C(=O)N1CCCCC1)C(=O)N1CCCC1. The van der Waals surface area contributed by atoms with Gasteiger partial charge in [0.2, 0.25) is 5.91 Å². The van der Waals surface area contributed by atoms with Crippen LogP contribution in [0.5, 0.6) is 0 Å². The lowest BCUT2D eigenvalue weighted by atomic mass is 10.1. The molecule has 0 aliphatic carbocycles. The Labute approximate surface area is 147 Å². The first-order valence-electron chi connectivity index (χ1n) is 8.86. The van der Waals surface area contributed by atoms with Gasteiger partial charge in [-0.05, 0) is 51.2 Å². The minimum Gasteiger partial charge on any atom is -0.342 e. The monoisotopic (exact) mass is 347 g/mol. The lowest BCUT2D eigenvalue weighted by Gasteiger charge is -2.27. The average Bonchev–Trinajstić information content (AvgIpc) is 3.16. The van der Waals surface area contributed by atoms with Gasteiger partial charge in [-0.3, -0.25) is 9.59 Å². The molecule has 1 aromatic rings. The number of aromatic nitrogens is 1. The van der Waals surface area contributed by atoms with E-state index in [2.05, 4.69) is 4.98 Å². The van der Waals surface area contributed by atoms with Gasteiger partial charge in [-0.1, -0.05) is 11.8 Å². The third-order valence-corrected chi connectivity index (χ3v) is 5.80. The Kier molecular flexibility index (Phi) is 5.76. The summed E-state index contributed by atoms with van der Waals surface area (Å²) >= 11 is 1.41. The van der Waals surface area contributed by atoms with E-state index in [0.29, 0.717) is 10.6 Å². The summed E-state index contributed by atoms with van der Waals surface area (Å²) in [6, 6.07) is 3.63. The van der Waals surface area contributed by atoms with Crippen molar-refractivity contribution >= 4 is 23.6 Å². The summed E-state index contributed by atoms with van der Waals surface area (Å²) in [5, 5.41) is 0.457. The van der Waals surface area contributed by atoms with E-state index >= 15 is 0 Å². The van der Waals surface area contributed by atoms with Crippen LogP contribution in [0.1, 0.15) is 49.4 Å². The van der Waals surface area contributed by atoms with Gasteiger partial charge in [-0.15, -0.1) is 0 Å². The van der Waals surface area contributed by atoms with Crippen LogP contribution >= 0.6 is 11.8 Å². The van der Waals surface area contributed by atoms with Gasteiger partial charge in [0.15, 0.2) is 0 Å². The normalized spacial score (nSPS) is 19.4. The summed E-state index contributed by atoms with van der Waals surface area (Å²) in [6.45, 7) is 5.26. The standard InChI is InChI=1S/C18H25N3O2S/c1-14(17(22)20-12-5-6-13-20)24-16-15(8-7-9-19-16)18(23)21-10-3-2-4-11-21/h7-9,14H,2-6,10-13H2,1H3/t14-/m0/s1. The number of carbonyl (C=O) groups is 2. The maximum atomic E-state index is 12.8. The molecule has 0 saturated carbocycles. The molecule has 2 fully saturated rings. The van der Waals surface area contributed by atoms with Crippen LogP contribution in [0, 0.1) is 0 Å². The minimum atomic E-state index is -0.217. The Morgan fingerprint density at radius 2 is 1.67 bits per heavy atom. The van der Waals surface area contributed by atoms with E-state index in [-0.39, 0.29) is 17.1 Å². The summed E-state index contributed by atoms with van der Waals surface area (Å²) in [4.78, 5) is 33.5. The van der Waals surface area contributed by atoms with Gasteiger partial charge >= 0.3 is 0 Å². The van der Waals surface area contributed by atoms with Crippen molar-refractivity contribution in [2.24, 2.45) is 0 Å². The average molecular weight is 347 g/mol. The molecule has 0 aromatic carbocycles. The van der Waals surface area contributed by atoms with Crippen LogP contribution in [0.3, 0.4) is 0 Å². The second kappa shape index (κ2) is 8.01. The van der Waals surface area contributed by atoms with E-state index in [0.717, 1.165) is 51.9 Å². The van der Waals surface area contributed by atoms with Crippen molar-refractivity contribution in [2.45, 2.75) is 49.3 Å². The van der Waals surface area contributed by atoms with E-state index < -0.39 is 0 Å². The number of carbonyl (C=O) groups excluding carboxylic acids is 2. The molecule has 2 saturated heterocycles. The van der Waals surface area contributed by atoms with Crippen molar-refractivity contribution in [2.75, 3.05) is 26.2 Å². The molecule has 2 aliphatic rings. The number of nitrogens with zero attached hydrogens (tertiary/aromatic N) is 3. The Morgan fingerprint density at radius 1 is 1.04 bits per heavy atom. The topological polar surface area (TPSA) is 53.5 Å². The van der Waals surface area contributed by atoms with E-state index in [1.807, 2.05) is 22.8 Å². The fourth-order valence-electron chi connectivity index (χ4n) is 3.33. The second-order valence-corrected chi connectivity index (χ2v) is 7.83. The highest BCUT2D eigenvalue weighted by Crippen LogP contribution is 2.28. The third-order valence-electron chi connectivity index (χ3n) is 4.70. The molecule has 24 heavy (non-hydrogen) atoms. The largest absolute Gasteiger partial charge is 0.342 e. The summed E-state index contributed by atoms with van der Waals surface area (Å²) < 4.78 is 0. The van der Waals surface area contributed by atoms with Crippen molar-refractivity contribution in [1.29, 1.82) is 0 Å². The predicted molar refractivity (Wildman–Crippen MR) is 95.1 cm³/mol. The molecule has 3 rings (SSSR count). The zero-order valence-corrected chi connectivity index (χ0v) is 15.1. The van der Waals surface area contributed by atoms with Crippen LogP contribution < -0.4 is 0 Å². The van der Waals surface area contributed by atoms with Gasteiger partial charge in [-0.2, -0.15) is 0 Å². The predicted octanol–water partition coefficient (Wildman–Crippen LogP) is 2.81. The van der Waals surface area contributed by atoms with Gasteiger partial charge in [0.1, 0.15) is 5.03 Å². The molecular weight excluding hydrogens is 322 g/mol. The second-order valence-electron chi connectivity index (χ2n) is 6.50. The molecule has 0 radical (unpaired) electrons. The quantitative estimate of drug-likeness (QED) is 0.786. The number of thioether (sulfide) groups is 1. The maximum absolute atomic E-state index is 12.8. The van der Waals surface area contributed by atoms with E-state index in [4.69, 9.17) is 0 Å². The van der Waals surface area contributed by atoms with Gasteiger partial charge in [0.25, 0.3) is 5.91 Å². The fraction of sp³-hybridized carbons (Fsp3) is 0.611. The zero-order valence-electron chi connectivity index (χ0n) is 14.2. The van der Waals surface area contributed by atoms with Crippen molar-refractivity contribution < 1.29 is 9.59 Å². The number of likely N-dealkylation sites (tertiary alicyclic amines) is 2. The fourth-order valence-corrected chi connectivity index (χ4v) is 4.32. The molecule has 130 valence electrons. The van der Waals surface area contributed by atoms with Crippen molar-refractivity contribution in [3.05, 3.63) is 23.9 Å². The molecule has 0 unspecified atom stereocenters. The van der Waals surface area contributed by atoms with Crippen LogP contribution in [0.15, 0.2) is 23.4 Å². The first kappa shape index (κ1) is 17.3. The Morgan fingerprint density at radius 3 is 2.38 bits per heavy atom. The molecule has 0 bridgehead atoms. The Hall–Kier alpha value is -1.56. The number of amides is 2. The Bertz CT molecular complexity index is 596. The van der Waals surface area contributed by atoms with Crippen molar-refractivity contribution in [3.8, 4) is 0 Å². The molecule has 2 aliphatic heterocycles. The van der Waals surface area contributed by atoms with Crippen LogP contribution in [-0.2, 0) is 4.79 Å². The molecular formula is C18H25N3O2S. The Balaban J connectivity index is 1.71. The minimum absolute atomic E-state index is 0.0473. The molecule has 2 amide bonds. The number of piperidine rings is 1. The molecule has 1 atom stereocenters. The summed E-state index contributed by atoms with van der Waals surface area (Å²) in [5.74, 6) is 0.200. The number of hydrogen-bond donors (Lipinski definition) is 0. The first-order valence-corrected chi connectivity index (χ1v) is 9.74. The molecule has 0 N–H and O–H groups in total. The van der Waals surface area contributed by atoms with Gasteiger partial charge in [-0.25, -0.2) is 4.98 Å². The van der Waals surface area contributed by atoms with Gasteiger partial charge in [0, 0.05) is 32.4 Å². The zero-order chi connectivity index (χ0) is 16.9. The smallest absolute Gasteiger partial charge is 0.256 e. The molecule has 3 heterocycles. The molecule has 0 spiro atoms. The van der Waals surface area contributed by atoms with Crippen molar-refractivity contribution in [3.63, 3.8) is 0 Å². The van der Waals surface area contributed by atoms with Gasteiger partial charge in [0.05, 0.1) is 10.8 Å². The third kappa shape index (κ3) is 3.91. The highest BCUT2D eigenvalue weighted by molar-refractivity contribution is 8.00. The van der Waals surface area contributed by atoms with Crippen LogP contribution in [0.4, 0.5) is 0 Å². The number of rotatable bonds is 4. The van der Waals surface area contributed by atoms with E-state index in [1.165, 1.54) is 18.2 Å². The van der Waals surface area contributed by atoms with Crippen LogP contribution in [0.2, 0.25) is 0 Å². The lowest BCUT2D eigenvalue weighted by molar-refractivity contribution is -0.129. The maximum Gasteiger partial charge on any atom is 0.256 e. The number of hydrogen-bond acceptors (Lipinski definition) is 4. The number of pyridine rings is 1. The van der Waals surface area contributed by atoms with E-state index in [9.17, 15) is 9.59 Å². The molecule has 1 aromatic heterocycles. The highest BCUT2D eigenvalue weighted by Gasteiger charge is 2.27. The summed E-state index contributed by atoms with van der Waals surface area (Å²) in [5.41, 5.74) is 0.630. The van der Waals surface area contributed by atoms with Crippen LogP contribution in [-0.4, -0.2) is 58.0 Å². The summed E-state index contributed by atoms with van der Waals surface area (Å²) in [6.07, 6.45) is 7.20. The summed E-state index contributed by atoms with van der Waals surface area (Å²) in [7, 11) is 0. The lowest BCUT2D eigenvalue weighted by Crippen LogP contribution is -2.36. The highest BCUT2D eigenvalue weighted by atomic mass is 32.2. The molecule has 5 nitrogen and oxygen atoms in total. The molecule has 6 heteroatoms. The van der Waals surface area contributed by atoms with E-state index in [1.54, 1.807) is 12.3 Å². The van der Waals surface area contributed by atoms with Crippen molar-refractivity contribution in [1.82, 2.24) is 14.8 Å². The van der Waals surface area contributed by atoms with Crippen LogP contribution in [0.25, 0.3) is 0 Å².